The molecule has 19 heavy (non-hydrogen) atoms. The minimum atomic E-state index is 0.181. The van der Waals surface area contributed by atoms with E-state index >= 15 is 0 Å². The lowest BCUT2D eigenvalue weighted by Gasteiger charge is -2.23. The Balaban J connectivity index is 3.04. The fourth-order valence-electron chi connectivity index (χ4n) is 2.11. The van der Waals surface area contributed by atoms with Gasteiger partial charge in [0.15, 0.2) is 0 Å². The summed E-state index contributed by atoms with van der Waals surface area (Å²) in [6, 6.07) is 6.06. The lowest BCUT2D eigenvalue weighted by atomic mass is 9.99. The Morgan fingerprint density at radius 1 is 1.16 bits per heavy atom. The summed E-state index contributed by atoms with van der Waals surface area (Å²) >= 11 is 0. The van der Waals surface area contributed by atoms with Crippen LogP contribution in [0.1, 0.15) is 31.9 Å². The van der Waals surface area contributed by atoms with E-state index < -0.39 is 0 Å². The maximum Gasteiger partial charge on any atom is 0.123 e. The maximum absolute atomic E-state index is 5.45. The molecule has 0 saturated carbocycles. The van der Waals surface area contributed by atoms with Crippen LogP contribution < -0.4 is 14.8 Å². The van der Waals surface area contributed by atoms with Gasteiger partial charge in [0.2, 0.25) is 0 Å². The summed E-state index contributed by atoms with van der Waals surface area (Å²) in [5.74, 6) is 1.71. The number of nitrogens with one attached hydrogen (secondary N) is 1. The van der Waals surface area contributed by atoms with Crippen LogP contribution in [-0.2, 0) is 4.74 Å². The maximum atomic E-state index is 5.45. The third kappa shape index (κ3) is 4.40. The molecule has 1 rings (SSSR count). The van der Waals surface area contributed by atoms with Gasteiger partial charge in [-0.2, -0.15) is 0 Å². The highest BCUT2D eigenvalue weighted by Gasteiger charge is 2.19. The van der Waals surface area contributed by atoms with Crippen molar-refractivity contribution in [3.63, 3.8) is 0 Å². The molecular formula is C15H25NO3. The zero-order chi connectivity index (χ0) is 14.3. The molecular weight excluding hydrogens is 242 g/mol. The zero-order valence-electron chi connectivity index (χ0n) is 12.5. The SMILES string of the molecule is CCNC(CC(C)OC)c1cc(OC)ccc1OC. The molecule has 4 nitrogen and oxygen atoms in total. The molecule has 1 N–H and O–H groups in total. The quantitative estimate of drug-likeness (QED) is 0.786. The molecule has 0 spiro atoms. The van der Waals surface area contributed by atoms with E-state index in [-0.39, 0.29) is 12.1 Å². The predicted octanol–water partition coefficient (Wildman–Crippen LogP) is 2.78. The minimum Gasteiger partial charge on any atom is -0.497 e. The first-order valence-electron chi connectivity index (χ1n) is 6.64. The van der Waals surface area contributed by atoms with Crippen molar-refractivity contribution in [1.29, 1.82) is 0 Å². The van der Waals surface area contributed by atoms with Crippen molar-refractivity contribution in [3.05, 3.63) is 23.8 Å². The molecule has 0 aliphatic heterocycles. The first-order chi connectivity index (χ1) is 9.15. The highest BCUT2D eigenvalue weighted by Crippen LogP contribution is 2.32. The largest absolute Gasteiger partial charge is 0.497 e. The summed E-state index contributed by atoms with van der Waals surface area (Å²) in [7, 11) is 5.09. The predicted molar refractivity (Wildman–Crippen MR) is 77.1 cm³/mol. The van der Waals surface area contributed by atoms with Crippen LogP contribution in [-0.4, -0.2) is 34.0 Å². The molecule has 0 aliphatic carbocycles. The number of methoxy groups -OCH3 is 3. The lowest BCUT2D eigenvalue weighted by Crippen LogP contribution is -2.25. The molecule has 2 unspecified atom stereocenters. The zero-order valence-corrected chi connectivity index (χ0v) is 12.5. The number of benzene rings is 1. The second-order valence-corrected chi connectivity index (χ2v) is 4.50. The summed E-state index contributed by atoms with van der Waals surface area (Å²) in [6.07, 6.45) is 1.06. The number of hydrogen-bond acceptors (Lipinski definition) is 4. The van der Waals surface area contributed by atoms with Crippen molar-refractivity contribution in [2.45, 2.75) is 32.4 Å². The molecule has 0 amide bonds. The highest BCUT2D eigenvalue weighted by molar-refractivity contribution is 5.42. The van der Waals surface area contributed by atoms with Gasteiger partial charge in [0.25, 0.3) is 0 Å². The third-order valence-electron chi connectivity index (χ3n) is 3.23. The van der Waals surface area contributed by atoms with E-state index in [1.807, 2.05) is 18.2 Å². The summed E-state index contributed by atoms with van der Waals surface area (Å²) in [5.41, 5.74) is 1.10. The molecule has 0 saturated heterocycles. The summed E-state index contributed by atoms with van der Waals surface area (Å²) < 4.78 is 16.1. The van der Waals surface area contributed by atoms with Gasteiger partial charge in [-0.1, -0.05) is 6.92 Å². The minimum absolute atomic E-state index is 0.181. The molecule has 0 heterocycles. The molecule has 2 atom stereocenters. The van der Waals surface area contributed by atoms with Crippen molar-refractivity contribution < 1.29 is 14.2 Å². The molecule has 0 radical (unpaired) electrons. The van der Waals surface area contributed by atoms with Gasteiger partial charge in [-0.15, -0.1) is 0 Å². The van der Waals surface area contributed by atoms with Crippen LogP contribution in [0.2, 0.25) is 0 Å². The number of rotatable bonds is 8. The molecule has 1 aromatic rings. The molecule has 108 valence electrons. The van der Waals surface area contributed by atoms with E-state index in [2.05, 4.69) is 19.2 Å². The molecule has 0 aliphatic rings. The topological polar surface area (TPSA) is 39.7 Å². The Morgan fingerprint density at radius 2 is 1.89 bits per heavy atom. The second-order valence-electron chi connectivity index (χ2n) is 4.50. The summed E-state index contributed by atoms with van der Waals surface area (Å²) in [5, 5.41) is 3.47. The van der Waals surface area contributed by atoms with Gasteiger partial charge in [0.1, 0.15) is 11.5 Å². The fourth-order valence-corrected chi connectivity index (χ4v) is 2.11. The summed E-state index contributed by atoms with van der Waals surface area (Å²) in [6.45, 7) is 5.05. The van der Waals surface area contributed by atoms with Gasteiger partial charge in [0.05, 0.1) is 20.3 Å². The molecule has 4 heteroatoms. The van der Waals surface area contributed by atoms with Crippen molar-refractivity contribution in [2.75, 3.05) is 27.9 Å². The highest BCUT2D eigenvalue weighted by atomic mass is 16.5. The van der Waals surface area contributed by atoms with Gasteiger partial charge in [-0.25, -0.2) is 0 Å². The smallest absolute Gasteiger partial charge is 0.123 e. The second kappa shape index (κ2) is 8.02. The van der Waals surface area contributed by atoms with Crippen LogP contribution in [0.4, 0.5) is 0 Å². The molecule has 0 fully saturated rings. The lowest BCUT2D eigenvalue weighted by molar-refractivity contribution is 0.100. The van der Waals surface area contributed by atoms with Crippen molar-refractivity contribution >= 4 is 0 Å². The summed E-state index contributed by atoms with van der Waals surface area (Å²) in [4.78, 5) is 0. The van der Waals surface area contributed by atoms with Gasteiger partial charge < -0.3 is 19.5 Å². The number of hydrogen-bond donors (Lipinski definition) is 1. The van der Waals surface area contributed by atoms with Gasteiger partial charge in [0, 0.05) is 18.7 Å². The monoisotopic (exact) mass is 267 g/mol. The first kappa shape index (κ1) is 15.8. The van der Waals surface area contributed by atoms with Crippen molar-refractivity contribution in [3.8, 4) is 11.5 Å². The first-order valence-corrected chi connectivity index (χ1v) is 6.64. The normalized spacial score (nSPS) is 13.9. The Hall–Kier alpha value is -1.26. The van der Waals surface area contributed by atoms with E-state index in [1.165, 1.54) is 0 Å². The average Bonchev–Trinajstić information content (AvgIpc) is 2.45. The van der Waals surface area contributed by atoms with E-state index in [9.17, 15) is 0 Å². The van der Waals surface area contributed by atoms with E-state index in [0.29, 0.717) is 0 Å². The van der Waals surface area contributed by atoms with Crippen LogP contribution in [0.25, 0.3) is 0 Å². The Kier molecular flexibility index (Phi) is 6.67. The van der Waals surface area contributed by atoms with E-state index in [1.54, 1.807) is 21.3 Å². The Morgan fingerprint density at radius 3 is 2.42 bits per heavy atom. The Labute approximate surface area is 116 Å². The average molecular weight is 267 g/mol. The van der Waals surface area contributed by atoms with Gasteiger partial charge in [-0.3, -0.25) is 0 Å². The van der Waals surface area contributed by atoms with Crippen LogP contribution >= 0.6 is 0 Å². The fraction of sp³-hybridized carbons (Fsp3) is 0.600. The Bertz CT molecular complexity index is 382. The molecule has 0 bridgehead atoms. The van der Waals surface area contributed by atoms with E-state index in [0.717, 1.165) is 30.0 Å². The van der Waals surface area contributed by atoms with Crippen molar-refractivity contribution in [1.82, 2.24) is 5.32 Å². The number of ether oxygens (including phenoxy) is 3. The van der Waals surface area contributed by atoms with Gasteiger partial charge >= 0.3 is 0 Å². The van der Waals surface area contributed by atoms with E-state index in [4.69, 9.17) is 14.2 Å². The van der Waals surface area contributed by atoms with Crippen LogP contribution in [0.5, 0.6) is 11.5 Å². The van der Waals surface area contributed by atoms with Crippen LogP contribution in [0.3, 0.4) is 0 Å². The molecule has 0 aromatic heterocycles. The van der Waals surface area contributed by atoms with Crippen molar-refractivity contribution in [2.24, 2.45) is 0 Å². The standard InChI is InChI=1S/C15H25NO3/c1-6-16-14(9-11(2)17-3)13-10-12(18-4)7-8-15(13)19-5/h7-8,10-11,14,16H,6,9H2,1-5H3. The third-order valence-corrected chi connectivity index (χ3v) is 3.23. The van der Waals surface area contributed by atoms with Crippen LogP contribution in [0.15, 0.2) is 18.2 Å². The molecule has 1 aromatic carbocycles. The van der Waals surface area contributed by atoms with Gasteiger partial charge in [-0.05, 0) is 38.1 Å². The van der Waals surface area contributed by atoms with Crippen LogP contribution in [0, 0.1) is 0 Å².